The molecule has 176 valence electrons. The summed E-state index contributed by atoms with van der Waals surface area (Å²) in [5, 5.41) is 0. The molecule has 6 nitrogen and oxygen atoms in total. The zero-order valence-electron chi connectivity index (χ0n) is 14.8. The van der Waals surface area contributed by atoms with Gasteiger partial charge in [0, 0.05) is 0 Å². The van der Waals surface area contributed by atoms with Gasteiger partial charge >= 0.3 is 27.5 Å². The van der Waals surface area contributed by atoms with Crippen molar-refractivity contribution in [2.45, 2.75) is 43.1 Å². The van der Waals surface area contributed by atoms with Gasteiger partial charge < -0.3 is 9.11 Å². The van der Waals surface area contributed by atoms with E-state index in [2.05, 4.69) is 36.5 Å². The van der Waals surface area contributed by atoms with Gasteiger partial charge in [-0.05, 0) is 43.3 Å². The Morgan fingerprint density at radius 3 is 1.53 bits per heavy atom. The number of allylic oxidation sites excluding steroid dienone is 8. The van der Waals surface area contributed by atoms with Crippen molar-refractivity contribution in [3.8, 4) is 0 Å². The Labute approximate surface area is 179 Å². The van der Waals surface area contributed by atoms with Crippen molar-refractivity contribution in [2.24, 2.45) is 0 Å². The van der Waals surface area contributed by atoms with E-state index in [1.54, 1.807) is 5.57 Å². The summed E-state index contributed by atoms with van der Waals surface area (Å²) in [6.45, 7) is 0. The molecule has 2 aliphatic rings. The molecule has 0 amide bonds. The largest absolute Gasteiger partial charge is 2.00 e. The second-order valence-electron chi connectivity index (χ2n) is 5.44. The van der Waals surface area contributed by atoms with Crippen LogP contribution in [0.3, 0.4) is 0 Å². The molecule has 0 atom stereocenters. The first-order valence-corrected chi connectivity index (χ1v) is 10.5. The summed E-state index contributed by atoms with van der Waals surface area (Å²) < 4.78 is 118. The Kier molecular flexibility index (Phi) is 13.1. The molecule has 0 bridgehead atoms. The minimum absolute atomic E-state index is 0. The first-order valence-electron chi connectivity index (χ1n) is 7.71. The van der Waals surface area contributed by atoms with Gasteiger partial charge in [0.2, 0.25) is 0 Å². The molecule has 0 saturated carbocycles. The fourth-order valence-corrected chi connectivity index (χ4v) is 1.91. The predicted molar refractivity (Wildman–Crippen MR) is 89.0 cm³/mol. The molecule has 0 radical (unpaired) electrons. The molecule has 2 rings (SSSR count). The van der Waals surface area contributed by atoms with Gasteiger partial charge in [-0.2, -0.15) is 26.3 Å². The summed E-state index contributed by atoms with van der Waals surface area (Å²) in [6, 6.07) is 0. The van der Waals surface area contributed by atoms with E-state index in [-0.39, 0.29) is 16.5 Å². The SMILES string of the molecule is C1=CCC(/C2=C/CC/C=C\CC2)=C1.O=S(=O)([O-])C(F)(F)F.O=S(=O)([O-])C(F)(F)F.[Ni+2]. The summed E-state index contributed by atoms with van der Waals surface area (Å²) in [7, 11) is -12.2. The number of hydrogen-bond acceptors (Lipinski definition) is 6. The molecule has 0 saturated heterocycles. The topological polar surface area (TPSA) is 114 Å². The van der Waals surface area contributed by atoms with E-state index in [9.17, 15) is 26.3 Å². The summed E-state index contributed by atoms with van der Waals surface area (Å²) in [5.74, 6) is 0. The van der Waals surface area contributed by atoms with E-state index >= 15 is 0 Å². The Hall–Kier alpha value is -1.15. The Morgan fingerprint density at radius 1 is 0.733 bits per heavy atom. The van der Waals surface area contributed by atoms with Gasteiger partial charge in [0.1, 0.15) is 0 Å². The summed E-state index contributed by atoms with van der Waals surface area (Å²) >= 11 is 0. The second-order valence-corrected chi connectivity index (χ2v) is 8.18. The number of halogens is 6. The molecule has 15 heteroatoms. The maximum Gasteiger partial charge on any atom is 2.00 e. The number of alkyl halides is 6. The molecule has 0 spiro atoms. The normalized spacial score (nSPS) is 19.9. The molecule has 0 aliphatic heterocycles. The van der Waals surface area contributed by atoms with Gasteiger partial charge in [-0.15, -0.1) is 0 Å². The van der Waals surface area contributed by atoms with Gasteiger partial charge in [0.25, 0.3) is 0 Å². The van der Waals surface area contributed by atoms with Crippen molar-refractivity contribution in [2.75, 3.05) is 0 Å². The first-order chi connectivity index (χ1) is 13.0. The van der Waals surface area contributed by atoms with Gasteiger partial charge in [-0.1, -0.05) is 36.5 Å². The van der Waals surface area contributed by atoms with Crippen molar-refractivity contribution in [3.05, 3.63) is 47.6 Å². The third kappa shape index (κ3) is 12.5. The summed E-state index contributed by atoms with van der Waals surface area (Å²) in [5.41, 5.74) is -8.18. The van der Waals surface area contributed by atoms with E-state index < -0.39 is 31.3 Å². The molecule has 0 N–H and O–H groups in total. The van der Waals surface area contributed by atoms with Crippen LogP contribution >= 0.6 is 0 Å². The van der Waals surface area contributed by atoms with Crippen LogP contribution in [0.1, 0.15) is 32.1 Å². The Bertz CT molecular complexity index is 826. The van der Waals surface area contributed by atoms with E-state index in [1.807, 2.05) is 0 Å². The molecule has 0 unspecified atom stereocenters. The van der Waals surface area contributed by atoms with Crippen LogP contribution in [0.25, 0.3) is 0 Å². The van der Waals surface area contributed by atoms with E-state index in [4.69, 9.17) is 25.9 Å². The van der Waals surface area contributed by atoms with Crippen molar-refractivity contribution >= 4 is 20.2 Å². The first kappa shape index (κ1) is 31.0. The summed E-state index contributed by atoms with van der Waals surface area (Å²) in [4.78, 5) is 0. The molecule has 30 heavy (non-hydrogen) atoms. The molecule has 0 aromatic carbocycles. The standard InChI is InChI=1S/C13H16.2CHF3O3S.Ni/c1-2-4-8-12(9-5-3-1)13-10-6-7-11-13;2*2-1(3,4)8(5,6)7;/h1-2,6-7,9-10H,3-5,8,11H2;2*(H,5,6,7);/q;;;+2/p-2/b2-1-,12-9+;;;. The predicted octanol–water partition coefficient (Wildman–Crippen LogP) is 4.03. The van der Waals surface area contributed by atoms with Crippen LogP contribution in [0.4, 0.5) is 26.3 Å². The average molecular weight is 529 g/mol. The summed E-state index contributed by atoms with van der Waals surface area (Å²) in [6.07, 6.45) is 19.7. The van der Waals surface area contributed by atoms with Crippen molar-refractivity contribution in [1.29, 1.82) is 0 Å². The fraction of sp³-hybridized carbons (Fsp3) is 0.467. The van der Waals surface area contributed by atoms with Gasteiger partial charge in [-0.25, -0.2) is 16.8 Å². The van der Waals surface area contributed by atoms with Crippen molar-refractivity contribution in [1.82, 2.24) is 0 Å². The maximum atomic E-state index is 10.7. The van der Waals surface area contributed by atoms with Crippen molar-refractivity contribution < 1.29 is 68.8 Å². The molecule has 2 aliphatic carbocycles. The van der Waals surface area contributed by atoms with Crippen LogP contribution in [-0.2, 0) is 36.7 Å². The van der Waals surface area contributed by atoms with E-state index in [0.29, 0.717) is 0 Å². The zero-order chi connectivity index (χ0) is 22.9. The third-order valence-electron chi connectivity index (χ3n) is 3.22. The molecular formula is C15H16F6NiO6S2. The van der Waals surface area contributed by atoms with E-state index in [1.165, 1.54) is 31.3 Å². The molecule has 0 heterocycles. The quantitative estimate of drug-likeness (QED) is 0.167. The van der Waals surface area contributed by atoms with Crippen LogP contribution in [0, 0.1) is 0 Å². The maximum absolute atomic E-state index is 10.7. The van der Waals surface area contributed by atoms with Gasteiger partial charge in [0.05, 0.1) is 0 Å². The zero-order valence-corrected chi connectivity index (χ0v) is 17.5. The Morgan fingerprint density at radius 2 is 1.17 bits per heavy atom. The van der Waals surface area contributed by atoms with Crippen LogP contribution in [0.5, 0.6) is 0 Å². The molecule has 0 fully saturated rings. The average Bonchev–Trinajstić information content (AvgIpc) is 2.98. The smallest absolute Gasteiger partial charge is 0.741 e. The molecule has 0 aromatic rings. The van der Waals surface area contributed by atoms with Crippen LogP contribution in [-0.4, -0.2) is 37.0 Å². The monoisotopic (exact) mass is 528 g/mol. The molecular weight excluding hydrogens is 513 g/mol. The third-order valence-corrected chi connectivity index (χ3v) is 4.36. The van der Waals surface area contributed by atoms with Crippen LogP contribution < -0.4 is 0 Å². The second kappa shape index (κ2) is 12.6. The fourth-order valence-electron chi connectivity index (χ4n) is 1.91. The minimum atomic E-state index is -6.09. The van der Waals surface area contributed by atoms with Crippen LogP contribution in [0.15, 0.2) is 47.6 Å². The Balaban J connectivity index is 0. The van der Waals surface area contributed by atoms with Gasteiger partial charge in [0.15, 0.2) is 20.2 Å². The van der Waals surface area contributed by atoms with E-state index in [0.717, 1.165) is 6.42 Å². The minimum Gasteiger partial charge on any atom is -0.741 e. The number of rotatable bonds is 1. The van der Waals surface area contributed by atoms with Crippen molar-refractivity contribution in [3.63, 3.8) is 0 Å². The van der Waals surface area contributed by atoms with Crippen LogP contribution in [0.2, 0.25) is 0 Å². The molecule has 0 aromatic heterocycles. The van der Waals surface area contributed by atoms with Gasteiger partial charge in [-0.3, -0.25) is 0 Å². The number of hydrogen-bond donors (Lipinski definition) is 0.